The zero-order valence-corrected chi connectivity index (χ0v) is 9.58. The molecule has 0 heterocycles. The van der Waals surface area contributed by atoms with Gasteiger partial charge in [0.2, 0.25) is 0 Å². The van der Waals surface area contributed by atoms with Crippen molar-refractivity contribution in [1.82, 2.24) is 0 Å². The first kappa shape index (κ1) is 13.4. The van der Waals surface area contributed by atoms with E-state index in [0.717, 1.165) is 12.8 Å². The van der Waals surface area contributed by atoms with Gasteiger partial charge >= 0.3 is 5.97 Å². The second kappa shape index (κ2) is 7.80. The number of esters is 1. The van der Waals surface area contributed by atoms with Crippen LogP contribution in [-0.2, 0) is 9.53 Å². The van der Waals surface area contributed by atoms with Gasteiger partial charge in [0.25, 0.3) is 0 Å². The van der Waals surface area contributed by atoms with Gasteiger partial charge in [0.15, 0.2) is 0 Å². The van der Waals surface area contributed by atoms with Gasteiger partial charge < -0.3 is 10.5 Å². The average Bonchev–Trinajstić information content (AvgIpc) is 2.17. The van der Waals surface area contributed by atoms with Crippen molar-refractivity contribution in [3.63, 3.8) is 0 Å². The molecule has 14 heavy (non-hydrogen) atoms. The topological polar surface area (TPSA) is 52.3 Å². The summed E-state index contributed by atoms with van der Waals surface area (Å²) in [5.74, 6) is -0.344. The van der Waals surface area contributed by atoms with Crippen molar-refractivity contribution in [2.45, 2.75) is 52.5 Å². The summed E-state index contributed by atoms with van der Waals surface area (Å²) >= 11 is 0. The Morgan fingerprint density at radius 1 is 1.36 bits per heavy atom. The third-order valence-corrected chi connectivity index (χ3v) is 2.44. The predicted octanol–water partition coefficient (Wildman–Crippen LogP) is 2.09. The van der Waals surface area contributed by atoms with Crippen molar-refractivity contribution in [3.8, 4) is 0 Å². The largest absolute Gasteiger partial charge is 0.466 e. The minimum atomic E-state index is -0.174. The summed E-state index contributed by atoms with van der Waals surface area (Å²) in [6.45, 7) is 6.24. The first-order valence-electron chi connectivity index (χ1n) is 5.55. The van der Waals surface area contributed by atoms with Gasteiger partial charge in [0.05, 0.1) is 12.5 Å². The number of nitrogens with two attached hydrogens (primary N) is 1. The molecule has 0 aliphatic carbocycles. The number of hydrogen-bond donors (Lipinski definition) is 1. The van der Waals surface area contributed by atoms with Gasteiger partial charge in [-0.15, -0.1) is 0 Å². The number of carbonyl (C=O) groups is 1. The highest BCUT2D eigenvalue weighted by atomic mass is 16.5. The van der Waals surface area contributed by atoms with E-state index < -0.39 is 0 Å². The average molecular weight is 201 g/mol. The van der Waals surface area contributed by atoms with Gasteiger partial charge in [0.1, 0.15) is 0 Å². The minimum absolute atomic E-state index is 0.0550. The summed E-state index contributed by atoms with van der Waals surface area (Å²) in [6, 6.07) is -0.0550. The Balaban J connectivity index is 3.74. The van der Waals surface area contributed by atoms with E-state index >= 15 is 0 Å². The number of ether oxygens (including phenoxy) is 1. The molecule has 0 aromatic carbocycles. The molecule has 0 aromatic rings. The highest BCUT2D eigenvalue weighted by Gasteiger charge is 2.20. The highest BCUT2D eigenvalue weighted by molar-refractivity contribution is 5.72. The van der Waals surface area contributed by atoms with E-state index in [0.29, 0.717) is 6.61 Å². The summed E-state index contributed by atoms with van der Waals surface area (Å²) in [5.41, 5.74) is 5.89. The molecule has 84 valence electrons. The summed E-state index contributed by atoms with van der Waals surface area (Å²) in [5, 5.41) is 0. The molecule has 0 saturated heterocycles. The van der Waals surface area contributed by atoms with Crippen LogP contribution in [0.3, 0.4) is 0 Å². The molecule has 0 saturated carbocycles. The fraction of sp³-hybridized carbons (Fsp3) is 0.909. The predicted molar refractivity (Wildman–Crippen MR) is 57.9 cm³/mol. The van der Waals surface area contributed by atoms with Crippen LogP contribution in [0.15, 0.2) is 0 Å². The van der Waals surface area contributed by atoms with Gasteiger partial charge in [0, 0.05) is 6.04 Å². The second-order valence-corrected chi connectivity index (χ2v) is 3.70. The standard InChI is InChI=1S/C11H23NO2/c1-4-6-7-8-10(12)9(3)11(13)14-5-2/h9-10H,4-8,12H2,1-3H3. The van der Waals surface area contributed by atoms with Crippen LogP contribution in [0.1, 0.15) is 46.5 Å². The molecule has 0 aromatic heterocycles. The van der Waals surface area contributed by atoms with Gasteiger partial charge in [-0.25, -0.2) is 0 Å². The highest BCUT2D eigenvalue weighted by Crippen LogP contribution is 2.11. The monoisotopic (exact) mass is 201 g/mol. The maximum absolute atomic E-state index is 11.3. The molecular weight excluding hydrogens is 178 g/mol. The van der Waals surface area contributed by atoms with E-state index in [1.54, 1.807) is 0 Å². The molecule has 3 heteroatoms. The Hall–Kier alpha value is -0.570. The van der Waals surface area contributed by atoms with Crippen molar-refractivity contribution in [1.29, 1.82) is 0 Å². The summed E-state index contributed by atoms with van der Waals surface area (Å²) in [7, 11) is 0. The molecule has 0 rings (SSSR count). The molecular formula is C11H23NO2. The fourth-order valence-corrected chi connectivity index (χ4v) is 1.33. The van der Waals surface area contributed by atoms with Gasteiger partial charge in [-0.2, -0.15) is 0 Å². The maximum atomic E-state index is 11.3. The van der Waals surface area contributed by atoms with Gasteiger partial charge in [-0.05, 0) is 13.3 Å². The molecule has 0 fully saturated rings. The first-order chi connectivity index (χ1) is 6.63. The van der Waals surface area contributed by atoms with Crippen LogP contribution in [0.25, 0.3) is 0 Å². The van der Waals surface area contributed by atoms with Crippen LogP contribution in [0.5, 0.6) is 0 Å². The van der Waals surface area contributed by atoms with Crippen molar-refractivity contribution in [2.75, 3.05) is 6.61 Å². The van der Waals surface area contributed by atoms with Crippen LogP contribution in [0, 0.1) is 5.92 Å². The van der Waals surface area contributed by atoms with E-state index in [4.69, 9.17) is 10.5 Å². The van der Waals surface area contributed by atoms with Crippen molar-refractivity contribution in [2.24, 2.45) is 11.7 Å². The SMILES string of the molecule is CCCCCC(N)C(C)C(=O)OCC. The van der Waals surface area contributed by atoms with Crippen LogP contribution < -0.4 is 5.73 Å². The Labute approximate surface area is 87.0 Å². The Kier molecular flexibility index (Phi) is 7.48. The molecule has 0 amide bonds. The lowest BCUT2D eigenvalue weighted by atomic mass is 9.97. The van der Waals surface area contributed by atoms with E-state index in [1.165, 1.54) is 12.8 Å². The van der Waals surface area contributed by atoms with E-state index in [1.807, 2.05) is 13.8 Å². The quantitative estimate of drug-likeness (QED) is 0.507. The molecule has 0 bridgehead atoms. The van der Waals surface area contributed by atoms with E-state index in [2.05, 4.69) is 6.92 Å². The number of carbonyl (C=O) groups excluding carboxylic acids is 1. The normalized spacial score (nSPS) is 14.9. The lowest BCUT2D eigenvalue weighted by molar-refractivity contribution is -0.148. The van der Waals surface area contributed by atoms with Crippen molar-refractivity contribution >= 4 is 5.97 Å². The summed E-state index contributed by atoms with van der Waals surface area (Å²) in [4.78, 5) is 11.3. The zero-order valence-electron chi connectivity index (χ0n) is 9.58. The smallest absolute Gasteiger partial charge is 0.310 e. The van der Waals surface area contributed by atoms with Gasteiger partial charge in [-0.3, -0.25) is 4.79 Å². The van der Waals surface area contributed by atoms with Crippen LogP contribution in [0.2, 0.25) is 0 Å². The molecule has 2 atom stereocenters. The molecule has 0 radical (unpaired) electrons. The Morgan fingerprint density at radius 3 is 2.50 bits per heavy atom. The van der Waals surface area contributed by atoms with Crippen molar-refractivity contribution in [3.05, 3.63) is 0 Å². The lowest BCUT2D eigenvalue weighted by Crippen LogP contribution is -2.34. The summed E-state index contributed by atoms with van der Waals surface area (Å²) in [6.07, 6.45) is 4.37. The lowest BCUT2D eigenvalue weighted by Gasteiger charge is -2.17. The third kappa shape index (κ3) is 5.22. The van der Waals surface area contributed by atoms with Gasteiger partial charge in [-0.1, -0.05) is 33.1 Å². The van der Waals surface area contributed by atoms with Crippen LogP contribution in [-0.4, -0.2) is 18.6 Å². The first-order valence-corrected chi connectivity index (χ1v) is 5.55. The third-order valence-electron chi connectivity index (χ3n) is 2.44. The summed E-state index contributed by atoms with van der Waals surface area (Å²) < 4.78 is 4.91. The second-order valence-electron chi connectivity index (χ2n) is 3.70. The zero-order chi connectivity index (χ0) is 11.0. The minimum Gasteiger partial charge on any atom is -0.466 e. The molecule has 3 nitrogen and oxygen atoms in total. The number of rotatable bonds is 7. The van der Waals surface area contributed by atoms with E-state index in [9.17, 15) is 4.79 Å². The molecule has 2 N–H and O–H groups in total. The fourth-order valence-electron chi connectivity index (χ4n) is 1.33. The maximum Gasteiger partial charge on any atom is 0.310 e. The molecule has 0 spiro atoms. The van der Waals surface area contributed by atoms with Crippen molar-refractivity contribution < 1.29 is 9.53 Å². The Morgan fingerprint density at radius 2 is 2.00 bits per heavy atom. The number of hydrogen-bond acceptors (Lipinski definition) is 3. The molecule has 2 unspecified atom stereocenters. The number of unbranched alkanes of at least 4 members (excludes halogenated alkanes) is 2. The van der Waals surface area contributed by atoms with E-state index in [-0.39, 0.29) is 17.9 Å². The molecule has 0 aliphatic rings. The van der Waals surface area contributed by atoms with Crippen LogP contribution >= 0.6 is 0 Å². The van der Waals surface area contributed by atoms with Crippen LogP contribution in [0.4, 0.5) is 0 Å². The Bertz CT molecular complexity index is 159. The molecule has 0 aliphatic heterocycles.